The number of amides is 1. The van der Waals surface area contributed by atoms with E-state index >= 15 is 0 Å². The Hall–Kier alpha value is -0.580. The molecule has 2 rings (SSSR count). The summed E-state index contributed by atoms with van der Waals surface area (Å²) in [4.78, 5) is 14.9. The van der Waals surface area contributed by atoms with Gasteiger partial charge in [0.05, 0.1) is 4.88 Å². The van der Waals surface area contributed by atoms with Crippen LogP contribution in [0.15, 0.2) is 11.4 Å². The Kier molecular flexibility index (Phi) is 4.77. The van der Waals surface area contributed by atoms with Gasteiger partial charge in [-0.25, -0.2) is 0 Å². The first kappa shape index (κ1) is 13.5. The number of hydrogen-bond donors (Lipinski definition) is 1. The number of hydrogen-bond acceptors (Lipinski definition) is 3. The van der Waals surface area contributed by atoms with Crippen molar-refractivity contribution in [3.63, 3.8) is 0 Å². The van der Waals surface area contributed by atoms with Crippen LogP contribution in [0.4, 0.5) is 0 Å². The van der Waals surface area contributed by atoms with E-state index in [9.17, 15) is 4.79 Å². The topological polar surface area (TPSA) is 46.3 Å². The van der Waals surface area contributed by atoms with Crippen molar-refractivity contribution in [2.45, 2.75) is 13.3 Å². The second-order valence-corrected chi connectivity index (χ2v) is 4.99. The first-order valence-corrected chi connectivity index (χ1v) is 6.13. The molecule has 0 aliphatic carbocycles. The van der Waals surface area contributed by atoms with Gasteiger partial charge >= 0.3 is 0 Å². The van der Waals surface area contributed by atoms with Crippen LogP contribution in [-0.2, 0) is 0 Å². The maximum Gasteiger partial charge on any atom is 0.264 e. The highest BCUT2D eigenvalue weighted by Crippen LogP contribution is 2.22. The number of thiophene rings is 1. The minimum Gasteiger partial charge on any atom is -0.338 e. The van der Waals surface area contributed by atoms with Crippen LogP contribution in [0.5, 0.6) is 0 Å². The number of nitrogens with two attached hydrogens (primary N) is 1. The number of likely N-dealkylation sites (tertiary alicyclic amines) is 1. The van der Waals surface area contributed by atoms with Crippen LogP contribution in [0.1, 0.15) is 21.7 Å². The fourth-order valence-electron chi connectivity index (χ4n) is 1.94. The lowest BCUT2D eigenvalue weighted by Gasteiger charge is -2.15. The molecule has 0 radical (unpaired) electrons. The number of rotatable bonds is 2. The zero-order valence-electron chi connectivity index (χ0n) is 9.31. The molecule has 1 aromatic heterocycles. The van der Waals surface area contributed by atoms with Crippen molar-refractivity contribution in [2.75, 3.05) is 19.6 Å². The smallest absolute Gasteiger partial charge is 0.264 e. The molecule has 1 atom stereocenters. The summed E-state index contributed by atoms with van der Waals surface area (Å²) < 4.78 is 0. The predicted molar refractivity (Wildman–Crippen MR) is 69.4 cm³/mol. The Morgan fingerprint density at radius 3 is 2.94 bits per heavy atom. The van der Waals surface area contributed by atoms with Crippen molar-refractivity contribution in [1.82, 2.24) is 4.90 Å². The van der Waals surface area contributed by atoms with Gasteiger partial charge in [0.2, 0.25) is 0 Å². The molecular weight excluding hydrogens is 244 g/mol. The number of carbonyl (C=O) groups excluding carboxylic acids is 1. The SMILES string of the molecule is Cc1ccsc1C(=O)N1CCC(CN)C1.Cl. The third kappa shape index (κ3) is 2.56. The molecule has 1 aromatic rings. The minimum absolute atomic E-state index is 0. The lowest BCUT2D eigenvalue weighted by molar-refractivity contribution is 0.0792. The Morgan fingerprint density at radius 2 is 2.44 bits per heavy atom. The molecule has 2 heterocycles. The Labute approximate surface area is 106 Å². The predicted octanol–water partition coefficient (Wildman–Crippen LogP) is 1.90. The van der Waals surface area contributed by atoms with E-state index in [-0.39, 0.29) is 18.3 Å². The molecule has 5 heteroatoms. The van der Waals surface area contributed by atoms with Crippen LogP contribution < -0.4 is 5.73 Å². The molecule has 90 valence electrons. The Bertz CT molecular complexity index is 367. The number of aryl methyl sites for hydroxylation is 1. The molecule has 1 aliphatic rings. The van der Waals surface area contributed by atoms with Crippen LogP contribution in [0.3, 0.4) is 0 Å². The highest BCUT2D eigenvalue weighted by Gasteiger charge is 2.27. The molecule has 16 heavy (non-hydrogen) atoms. The fraction of sp³-hybridized carbons (Fsp3) is 0.545. The minimum atomic E-state index is 0. The summed E-state index contributed by atoms with van der Waals surface area (Å²) in [5, 5.41) is 1.97. The number of halogens is 1. The zero-order valence-corrected chi connectivity index (χ0v) is 10.9. The molecule has 1 unspecified atom stereocenters. The quantitative estimate of drug-likeness (QED) is 0.883. The van der Waals surface area contributed by atoms with Crippen molar-refractivity contribution in [3.05, 3.63) is 21.9 Å². The second-order valence-electron chi connectivity index (χ2n) is 4.07. The second kappa shape index (κ2) is 5.66. The summed E-state index contributed by atoms with van der Waals surface area (Å²) in [5.74, 6) is 0.674. The summed E-state index contributed by atoms with van der Waals surface area (Å²) in [6.07, 6.45) is 1.05. The van der Waals surface area contributed by atoms with Gasteiger partial charge in [0.15, 0.2) is 0 Å². The summed E-state index contributed by atoms with van der Waals surface area (Å²) in [6.45, 7) is 4.36. The van der Waals surface area contributed by atoms with Gasteiger partial charge in [0.1, 0.15) is 0 Å². The third-order valence-corrected chi connectivity index (χ3v) is 3.97. The van der Waals surface area contributed by atoms with Gasteiger partial charge in [-0.2, -0.15) is 0 Å². The molecule has 1 aliphatic heterocycles. The average Bonchev–Trinajstić information content (AvgIpc) is 2.84. The maximum atomic E-state index is 12.1. The molecule has 0 saturated carbocycles. The summed E-state index contributed by atoms with van der Waals surface area (Å²) in [5.41, 5.74) is 6.69. The number of carbonyl (C=O) groups is 1. The van der Waals surface area contributed by atoms with Gasteiger partial charge in [-0.3, -0.25) is 4.79 Å². The third-order valence-electron chi connectivity index (χ3n) is 2.96. The van der Waals surface area contributed by atoms with Crippen molar-refractivity contribution >= 4 is 29.7 Å². The fourth-order valence-corrected chi connectivity index (χ4v) is 2.84. The molecule has 1 fully saturated rings. The highest BCUT2D eigenvalue weighted by molar-refractivity contribution is 7.12. The molecule has 0 bridgehead atoms. The summed E-state index contributed by atoms with van der Waals surface area (Å²) >= 11 is 1.53. The van der Waals surface area contributed by atoms with E-state index in [1.165, 1.54) is 11.3 Å². The van der Waals surface area contributed by atoms with Crippen LogP contribution in [0.2, 0.25) is 0 Å². The Balaban J connectivity index is 0.00000128. The van der Waals surface area contributed by atoms with Gasteiger partial charge in [-0.1, -0.05) is 0 Å². The lowest BCUT2D eigenvalue weighted by Crippen LogP contribution is -2.29. The van der Waals surface area contributed by atoms with Gasteiger partial charge in [0.25, 0.3) is 5.91 Å². The molecule has 1 amide bonds. The lowest BCUT2D eigenvalue weighted by atomic mass is 10.1. The monoisotopic (exact) mass is 260 g/mol. The highest BCUT2D eigenvalue weighted by atomic mass is 35.5. The van der Waals surface area contributed by atoms with E-state index in [4.69, 9.17) is 5.73 Å². The standard InChI is InChI=1S/C11H16N2OS.ClH/c1-8-3-5-15-10(8)11(14)13-4-2-9(6-12)7-13;/h3,5,9H,2,4,6-7,12H2,1H3;1H. The van der Waals surface area contributed by atoms with Crippen molar-refractivity contribution in [2.24, 2.45) is 11.7 Å². The van der Waals surface area contributed by atoms with Crippen molar-refractivity contribution in [1.29, 1.82) is 0 Å². The van der Waals surface area contributed by atoms with Crippen LogP contribution in [0.25, 0.3) is 0 Å². The van der Waals surface area contributed by atoms with Crippen LogP contribution in [0, 0.1) is 12.8 Å². The van der Waals surface area contributed by atoms with Gasteiger partial charge in [0, 0.05) is 13.1 Å². The van der Waals surface area contributed by atoms with Crippen LogP contribution >= 0.6 is 23.7 Å². The molecule has 2 N–H and O–H groups in total. The average molecular weight is 261 g/mol. The largest absolute Gasteiger partial charge is 0.338 e. The van der Waals surface area contributed by atoms with E-state index in [1.54, 1.807) is 0 Å². The Morgan fingerprint density at radius 1 is 1.69 bits per heavy atom. The first-order valence-electron chi connectivity index (χ1n) is 5.26. The van der Waals surface area contributed by atoms with Crippen molar-refractivity contribution in [3.8, 4) is 0 Å². The number of nitrogens with zero attached hydrogens (tertiary/aromatic N) is 1. The van der Waals surface area contributed by atoms with E-state index in [2.05, 4.69) is 0 Å². The summed E-state index contributed by atoms with van der Waals surface area (Å²) in [6, 6.07) is 1.99. The van der Waals surface area contributed by atoms with E-state index in [1.807, 2.05) is 23.3 Å². The van der Waals surface area contributed by atoms with E-state index in [0.717, 1.165) is 30.0 Å². The molecule has 1 saturated heterocycles. The molecule has 0 spiro atoms. The van der Waals surface area contributed by atoms with Gasteiger partial charge in [-0.05, 0) is 42.8 Å². The maximum absolute atomic E-state index is 12.1. The normalized spacial score (nSPS) is 19.6. The zero-order chi connectivity index (χ0) is 10.8. The van der Waals surface area contributed by atoms with E-state index < -0.39 is 0 Å². The summed E-state index contributed by atoms with van der Waals surface area (Å²) in [7, 11) is 0. The molecular formula is C11H17ClN2OS. The molecule has 0 aromatic carbocycles. The van der Waals surface area contributed by atoms with Gasteiger partial charge < -0.3 is 10.6 Å². The van der Waals surface area contributed by atoms with Crippen molar-refractivity contribution < 1.29 is 4.79 Å². The van der Waals surface area contributed by atoms with Gasteiger partial charge in [-0.15, -0.1) is 23.7 Å². The van der Waals surface area contributed by atoms with E-state index in [0.29, 0.717) is 12.5 Å². The van der Waals surface area contributed by atoms with Crippen LogP contribution in [-0.4, -0.2) is 30.4 Å². The first-order chi connectivity index (χ1) is 7.22. The molecule has 3 nitrogen and oxygen atoms in total.